The lowest BCUT2D eigenvalue weighted by Gasteiger charge is -2.22. The predicted molar refractivity (Wildman–Crippen MR) is 116 cm³/mol. The van der Waals surface area contributed by atoms with Crippen LogP contribution in [0.4, 0.5) is 11.4 Å². The summed E-state index contributed by atoms with van der Waals surface area (Å²) in [6, 6.07) is 17.4. The predicted octanol–water partition coefficient (Wildman–Crippen LogP) is 4.18. The summed E-state index contributed by atoms with van der Waals surface area (Å²) in [4.78, 5) is 17.5. The van der Waals surface area contributed by atoms with Gasteiger partial charge in [0.1, 0.15) is 17.5 Å². The maximum Gasteiger partial charge on any atom is 0.243 e. The lowest BCUT2D eigenvalue weighted by molar-refractivity contribution is -0.129. The van der Waals surface area contributed by atoms with Gasteiger partial charge in [0.05, 0.1) is 18.3 Å². The normalized spacial score (nSPS) is 10.7. The third kappa shape index (κ3) is 4.57. The van der Waals surface area contributed by atoms with Crippen molar-refractivity contribution >= 4 is 34.3 Å². The number of rotatable bonds is 7. The summed E-state index contributed by atoms with van der Waals surface area (Å²) in [5.74, 6) is 0.269. The molecule has 2 aromatic carbocycles. The molecule has 3 rings (SSSR count). The van der Waals surface area contributed by atoms with Gasteiger partial charge in [-0.3, -0.25) is 10.0 Å². The van der Waals surface area contributed by atoms with Crippen LogP contribution in [0.3, 0.4) is 0 Å². The number of hydrogen-bond acceptors (Lipinski definition) is 6. The Bertz CT molecular complexity index is 1130. The van der Waals surface area contributed by atoms with Crippen molar-refractivity contribution in [2.24, 2.45) is 0 Å². The summed E-state index contributed by atoms with van der Waals surface area (Å²) in [7, 11) is 3.54. The molecule has 0 aliphatic carbocycles. The molecular formula is C23H22N4O3. The third-order valence-electron chi connectivity index (χ3n) is 4.73. The molecular weight excluding hydrogens is 380 g/mol. The maximum atomic E-state index is 11.2. The number of methoxy groups -OCH3 is 1. The average Bonchev–Trinajstić information content (AvgIpc) is 2.80. The van der Waals surface area contributed by atoms with Crippen molar-refractivity contribution in [2.75, 3.05) is 19.1 Å². The van der Waals surface area contributed by atoms with Crippen molar-refractivity contribution in [3.05, 3.63) is 65.9 Å². The van der Waals surface area contributed by atoms with E-state index in [1.54, 1.807) is 18.7 Å². The zero-order chi connectivity index (χ0) is 21.5. The molecule has 1 amide bonds. The molecule has 0 spiro atoms. The summed E-state index contributed by atoms with van der Waals surface area (Å²) in [6.45, 7) is 0. The third-order valence-corrected chi connectivity index (χ3v) is 4.73. The number of amides is 1. The number of nitrogens with one attached hydrogen (secondary N) is 1. The first-order valence-electron chi connectivity index (χ1n) is 9.38. The second kappa shape index (κ2) is 9.54. The fraction of sp³-hybridized carbons (Fsp3) is 0.174. The van der Waals surface area contributed by atoms with Gasteiger partial charge in [-0.05, 0) is 36.8 Å². The molecule has 0 atom stereocenters. The number of hydrogen-bond donors (Lipinski definition) is 2. The van der Waals surface area contributed by atoms with Crippen molar-refractivity contribution in [1.82, 2.24) is 10.5 Å². The van der Waals surface area contributed by atoms with Gasteiger partial charge in [0.15, 0.2) is 0 Å². The number of pyridine rings is 1. The van der Waals surface area contributed by atoms with E-state index in [1.165, 1.54) is 0 Å². The number of ether oxygens (including phenoxy) is 1. The number of allylic oxidation sites excluding steroid dienone is 1. The number of carbonyl (C=O) groups is 1. The van der Waals surface area contributed by atoms with Crippen molar-refractivity contribution in [3.8, 4) is 11.8 Å². The minimum Gasteiger partial charge on any atom is -0.496 e. The number of para-hydroxylation sites is 1. The molecule has 7 heteroatoms. The molecule has 0 unspecified atom stereocenters. The summed E-state index contributed by atoms with van der Waals surface area (Å²) >= 11 is 0. The van der Waals surface area contributed by atoms with Gasteiger partial charge >= 0.3 is 0 Å². The fourth-order valence-electron chi connectivity index (χ4n) is 3.17. The molecule has 0 saturated carbocycles. The van der Waals surface area contributed by atoms with E-state index >= 15 is 0 Å². The van der Waals surface area contributed by atoms with Crippen molar-refractivity contribution in [3.63, 3.8) is 0 Å². The van der Waals surface area contributed by atoms with Crippen LogP contribution in [0.1, 0.15) is 24.1 Å². The molecule has 152 valence electrons. The van der Waals surface area contributed by atoms with Gasteiger partial charge < -0.3 is 9.64 Å². The molecule has 2 N–H and O–H groups in total. The highest BCUT2D eigenvalue weighted by molar-refractivity contribution is 5.94. The molecule has 0 radical (unpaired) electrons. The number of fused-ring (bicyclic) bond motifs is 1. The molecule has 7 nitrogen and oxygen atoms in total. The van der Waals surface area contributed by atoms with Crippen LogP contribution in [-0.2, 0) is 4.79 Å². The van der Waals surface area contributed by atoms with Gasteiger partial charge in [-0.1, -0.05) is 30.4 Å². The Labute approximate surface area is 174 Å². The van der Waals surface area contributed by atoms with Gasteiger partial charge in [0, 0.05) is 30.1 Å². The Morgan fingerprint density at radius 3 is 2.83 bits per heavy atom. The zero-order valence-electron chi connectivity index (χ0n) is 16.8. The minimum atomic E-state index is -0.432. The smallest absolute Gasteiger partial charge is 0.243 e. The summed E-state index contributed by atoms with van der Waals surface area (Å²) in [6.07, 6.45) is 4.41. The first kappa shape index (κ1) is 20.8. The van der Waals surface area contributed by atoms with Crippen LogP contribution >= 0.6 is 0 Å². The van der Waals surface area contributed by atoms with E-state index in [1.807, 2.05) is 66.6 Å². The first-order chi connectivity index (χ1) is 14.6. The van der Waals surface area contributed by atoms with Crippen LogP contribution in [-0.4, -0.2) is 30.3 Å². The van der Waals surface area contributed by atoms with Gasteiger partial charge in [-0.15, -0.1) is 0 Å². The molecule has 0 fully saturated rings. The quantitative estimate of drug-likeness (QED) is 0.454. The van der Waals surface area contributed by atoms with Gasteiger partial charge in [0.25, 0.3) is 0 Å². The van der Waals surface area contributed by atoms with Crippen LogP contribution < -0.4 is 15.1 Å². The average molecular weight is 402 g/mol. The highest BCUT2D eigenvalue weighted by Crippen LogP contribution is 2.33. The van der Waals surface area contributed by atoms with Gasteiger partial charge in [-0.25, -0.2) is 10.5 Å². The lowest BCUT2D eigenvalue weighted by Crippen LogP contribution is -2.17. The van der Waals surface area contributed by atoms with Crippen molar-refractivity contribution in [2.45, 2.75) is 12.8 Å². The van der Waals surface area contributed by atoms with Crippen LogP contribution in [0.25, 0.3) is 17.0 Å². The summed E-state index contributed by atoms with van der Waals surface area (Å²) in [5.41, 5.74) is 5.36. The molecule has 0 bridgehead atoms. The number of carbonyl (C=O) groups excluding carboxylic acids is 1. The second-order valence-electron chi connectivity index (χ2n) is 6.62. The highest BCUT2D eigenvalue weighted by Gasteiger charge is 2.13. The van der Waals surface area contributed by atoms with Crippen LogP contribution in [0.15, 0.2) is 54.6 Å². The van der Waals surface area contributed by atoms with E-state index in [2.05, 4.69) is 11.1 Å². The summed E-state index contributed by atoms with van der Waals surface area (Å²) < 4.78 is 5.45. The van der Waals surface area contributed by atoms with E-state index < -0.39 is 5.91 Å². The standard InChI is InChI=1S/C23H22N4O3/c1-27(21-14-17(15-24)25-20-9-5-4-8-19(20)21)18-11-12-22(30-2)16(13-18)7-3-6-10-23(28)26-29/h3-5,7-9,11-14,29H,6,10H2,1-2H3,(H,26,28)/b7-3+. The van der Waals surface area contributed by atoms with Gasteiger partial charge in [0.2, 0.25) is 5.91 Å². The Kier molecular flexibility index (Phi) is 6.63. The monoisotopic (exact) mass is 402 g/mol. The SMILES string of the molecule is COc1ccc(N(C)c2cc(C#N)nc3ccccc23)cc1/C=C/CCC(=O)NO. The minimum absolute atomic E-state index is 0.189. The number of aromatic nitrogens is 1. The first-order valence-corrected chi connectivity index (χ1v) is 9.38. The van der Waals surface area contributed by atoms with E-state index in [9.17, 15) is 10.1 Å². The van der Waals surface area contributed by atoms with Gasteiger partial charge in [-0.2, -0.15) is 5.26 Å². The maximum absolute atomic E-state index is 11.2. The number of nitriles is 1. The Balaban J connectivity index is 1.96. The second-order valence-corrected chi connectivity index (χ2v) is 6.62. The van der Waals surface area contributed by atoms with Crippen molar-refractivity contribution in [1.29, 1.82) is 5.26 Å². The Morgan fingerprint density at radius 2 is 2.10 bits per heavy atom. The molecule has 1 heterocycles. The van der Waals surface area contributed by atoms with Crippen LogP contribution in [0.2, 0.25) is 0 Å². The van der Waals surface area contributed by atoms with Crippen molar-refractivity contribution < 1.29 is 14.7 Å². The number of anilines is 2. The molecule has 0 aliphatic rings. The van der Waals surface area contributed by atoms with Crippen LogP contribution in [0, 0.1) is 11.3 Å². The topological polar surface area (TPSA) is 98.5 Å². The zero-order valence-corrected chi connectivity index (χ0v) is 16.8. The largest absolute Gasteiger partial charge is 0.496 e. The Hall–Kier alpha value is -3.89. The number of benzene rings is 2. The number of hydroxylamine groups is 1. The molecule has 30 heavy (non-hydrogen) atoms. The van der Waals surface area contributed by atoms with E-state index in [4.69, 9.17) is 9.94 Å². The fourth-order valence-corrected chi connectivity index (χ4v) is 3.17. The number of nitrogens with zero attached hydrogens (tertiary/aromatic N) is 3. The Morgan fingerprint density at radius 1 is 1.30 bits per heavy atom. The van der Waals surface area contributed by atoms with Crippen LogP contribution in [0.5, 0.6) is 5.75 Å². The lowest BCUT2D eigenvalue weighted by atomic mass is 10.1. The van der Waals surface area contributed by atoms with E-state index in [0.29, 0.717) is 17.9 Å². The highest BCUT2D eigenvalue weighted by atomic mass is 16.5. The molecule has 3 aromatic rings. The summed E-state index contributed by atoms with van der Waals surface area (Å²) in [5, 5.41) is 18.9. The molecule has 0 saturated heterocycles. The molecule has 0 aliphatic heterocycles. The van der Waals surface area contributed by atoms with E-state index in [0.717, 1.165) is 27.8 Å². The molecule has 1 aromatic heterocycles. The van der Waals surface area contributed by atoms with E-state index in [-0.39, 0.29) is 6.42 Å².